The first kappa shape index (κ1) is 18.2. The highest BCUT2D eigenvalue weighted by Gasteiger charge is 2.27. The molecule has 1 aromatic carbocycles. The molecule has 1 aromatic rings. The minimum absolute atomic E-state index is 0.139. The molecule has 0 aromatic heterocycles. The molecule has 0 fully saturated rings. The highest BCUT2D eigenvalue weighted by atomic mass is 16.2. The molecular formula is C17H27N3O2. The maximum absolute atomic E-state index is 12.1. The van der Waals surface area contributed by atoms with Gasteiger partial charge in [-0.2, -0.15) is 0 Å². The van der Waals surface area contributed by atoms with Crippen molar-refractivity contribution in [3.8, 4) is 0 Å². The molecule has 0 heterocycles. The van der Waals surface area contributed by atoms with E-state index in [1.165, 1.54) is 0 Å². The molecule has 1 unspecified atom stereocenters. The number of nitrogens with two attached hydrogens (primary N) is 1. The van der Waals surface area contributed by atoms with Crippen molar-refractivity contribution in [3.05, 3.63) is 29.8 Å². The third kappa shape index (κ3) is 5.48. The van der Waals surface area contributed by atoms with Crippen molar-refractivity contribution in [1.29, 1.82) is 0 Å². The van der Waals surface area contributed by atoms with E-state index < -0.39 is 5.54 Å². The van der Waals surface area contributed by atoms with Gasteiger partial charge in [0.05, 0.1) is 5.54 Å². The summed E-state index contributed by atoms with van der Waals surface area (Å²) in [5.41, 5.74) is 5.99. The molecule has 0 saturated heterocycles. The van der Waals surface area contributed by atoms with Crippen LogP contribution in [0.4, 0.5) is 5.69 Å². The Bertz CT molecular complexity index is 528. The van der Waals surface area contributed by atoms with E-state index in [9.17, 15) is 9.59 Å². The van der Waals surface area contributed by atoms with Crippen molar-refractivity contribution >= 4 is 17.5 Å². The topological polar surface area (TPSA) is 84.2 Å². The van der Waals surface area contributed by atoms with Crippen LogP contribution in [-0.2, 0) is 4.79 Å². The van der Waals surface area contributed by atoms with Crippen LogP contribution in [0, 0.1) is 0 Å². The molecule has 5 heteroatoms. The normalized spacial score (nSPS) is 14.1. The Morgan fingerprint density at radius 2 is 1.64 bits per heavy atom. The number of benzene rings is 1. The van der Waals surface area contributed by atoms with E-state index in [-0.39, 0.29) is 17.4 Å². The maximum atomic E-state index is 12.1. The predicted octanol–water partition coefficient (Wildman–Crippen LogP) is 2.67. The second-order valence-electron chi connectivity index (χ2n) is 6.90. The molecule has 0 radical (unpaired) electrons. The molecule has 1 atom stereocenters. The minimum Gasteiger partial charge on any atom is -0.347 e. The molecule has 0 bridgehead atoms. The van der Waals surface area contributed by atoms with Crippen LogP contribution >= 0.6 is 0 Å². The van der Waals surface area contributed by atoms with Crippen LogP contribution < -0.4 is 16.4 Å². The van der Waals surface area contributed by atoms with E-state index in [4.69, 9.17) is 5.73 Å². The molecule has 122 valence electrons. The molecular weight excluding hydrogens is 278 g/mol. The average molecular weight is 305 g/mol. The number of carbonyl (C=O) groups excluding carboxylic acids is 2. The van der Waals surface area contributed by atoms with Crippen LogP contribution in [0.25, 0.3) is 0 Å². The molecule has 0 saturated carbocycles. The van der Waals surface area contributed by atoms with Crippen LogP contribution in [0.15, 0.2) is 24.3 Å². The Morgan fingerprint density at radius 3 is 2.09 bits per heavy atom. The minimum atomic E-state index is -0.892. The van der Waals surface area contributed by atoms with Gasteiger partial charge in [-0.25, -0.2) is 0 Å². The van der Waals surface area contributed by atoms with Crippen molar-refractivity contribution in [3.63, 3.8) is 0 Å². The van der Waals surface area contributed by atoms with Crippen molar-refractivity contribution < 1.29 is 9.59 Å². The first-order valence-electron chi connectivity index (χ1n) is 7.58. The van der Waals surface area contributed by atoms with E-state index in [0.29, 0.717) is 17.7 Å². The molecule has 0 aliphatic rings. The summed E-state index contributed by atoms with van der Waals surface area (Å²) in [6.45, 7) is 9.48. The Labute approximate surface area is 132 Å². The van der Waals surface area contributed by atoms with Gasteiger partial charge in [-0.1, -0.05) is 13.3 Å². The molecule has 5 nitrogen and oxygen atoms in total. The third-order valence-electron chi connectivity index (χ3n) is 3.18. The lowest BCUT2D eigenvalue weighted by atomic mass is 9.96. The number of hydrogen-bond acceptors (Lipinski definition) is 3. The van der Waals surface area contributed by atoms with Gasteiger partial charge in [0.25, 0.3) is 5.91 Å². The zero-order valence-electron chi connectivity index (χ0n) is 14.1. The van der Waals surface area contributed by atoms with Gasteiger partial charge in [-0.05, 0) is 58.4 Å². The Balaban J connectivity index is 2.73. The Hall–Kier alpha value is -1.88. The summed E-state index contributed by atoms with van der Waals surface area (Å²) < 4.78 is 0. The van der Waals surface area contributed by atoms with Crippen LogP contribution in [-0.4, -0.2) is 22.9 Å². The highest BCUT2D eigenvalue weighted by molar-refractivity contribution is 5.99. The number of hydrogen-bond donors (Lipinski definition) is 3. The molecule has 0 spiro atoms. The third-order valence-corrected chi connectivity index (χ3v) is 3.18. The number of rotatable bonds is 5. The van der Waals surface area contributed by atoms with Gasteiger partial charge in [0.2, 0.25) is 5.91 Å². The van der Waals surface area contributed by atoms with Gasteiger partial charge in [0, 0.05) is 16.8 Å². The molecule has 2 amide bonds. The smallest absolute Gasteiger partial charge is 0.251 e. The number of carbonyl (C=O) groups is 2. The summed E-state index contributed by atoms with van der Waals surface area (Å²) in [7, 11) is 0. The quantitative estimate of drug-likeness (QED) is 0.782. The fraction of sp³-hybridized carbons (Fsp3) is 0.529. The summed E-state index contributed by atoms with van der Waals surface area (Å²) in [5, 5.41) is 5.68. The summed E-state index contributed by atoms with van der Waals surface area (Å²) in [5.74, 6) is -0.360. The standard InChI is InChI=1S/C17H27N3O2/c1-6-11-17(5,18)15(22)19-13-9-7-12(8-10-13)14(21)20-16(2,3)4/h7-10H,6,11,18H2,1-5H3,(H,19,22)(H,20,21). The van der Waals surface area contributed by atoms with Crippen LogP contribution in [0.2, 0.25) is 0 Å². The highest BCUT2D eigenvalue weighted by Crippen LogP contribution is 2.15. The summed E-state index contributed by atoms with van der Waals surface area (Å²) in [6, 6.07) is 6.78. The van der Waals surface area contributed by atoms with Crippen LogP contribution in [0.1, 0.15) is 57.8 Å². The molecule has 4 N–H and O–H groups in total. The average Bonchev–Trinajstić information content (AvgIpc) is 2.37. The summed E-state index contributed by atoms with van der Waals surface area (Å²) >= 11 is 0. The largest absolute Gasteiger partial charge is 0.347 e. The fourth-order valence-electron chi connectivity index (χ4n) is 2.02. The SMILES string of the molecule is CCCC(C)(N)C(=O)Nc1ccc(C(=O)NC(C)(C)C)cc1. The number of anilines is 1. The van der Waals surface area contributed by atoms with E-state index >= 15 is 0 Å². The maximum Gasteiger partial charge on any atom is 0.251 e. The van der Waals surface area contributed by atoms with Gasteiger partial charge in [0.1, 0.15) is 0 Å². The van der Waals surface area contributed by atoms with E-state index in [2.05, 4.69) is 10.6 Å². The zero-order valence-corrected chi connectivity index (χ0v) is 14.1. The second kappa shape index (κ2) is 6.92. The van der Waals surface area contributed by atoms with Crippen molar-refractivity contribution in [2.24, 2.45) is 5.73 Å². The van der Waals surface area contributed by atoms with Crippen LogP contribution in [0.5, 0.6) is 0 Å². The van der Waals surface area contributed by atoms with Crippen molar-refractivity contribution in [1.82, 2.24) is 5.32 Å². The molecule has 0 aliphatic heterocycles. The second-order valence-corrected chi connectivity index (χ2v) is 6.90. The number of nitrogens with one attached hydrogen (secondary N) is 2. The fourth-order valence-corrected chi connectivity index (χ4v) is 2.02. The Kier molecular flexibility index (Phi) is 5.72. The lowest BCUT2D eigenvalue weighted by molar-refractivity contribution is -0.120. The van der Waals surface area contributed by atoms with Gasteiger partial charge in [0.15, 0.2) is 0 Å². The monoisotopic (exact) mass is 305 g/mol. The lowest BCUT2D eigenvalue weighted by Crippen LogP contribution is -2.48. The van der Waals surface area contributed by atoms with E-state index in [1.807, 2.05) is 27.7 Å². The van der Waals surface area contributed by atoms with Crippen LogP contribution in [0.3, 0.4) is 0 Å². The van der Waals surface area contributed by atoms with Crippen molar-refractivity contribution in [2.75, 3.05) is 5.32 Å². The zero-order chi connectivity index (χ0) is 17.0. The lowest BCUT2D eigenvalue weighted by Gasteiger charge is -2.23. The molecule has 0 aliphatic carbocycles. The van der Waals surface area contributed by atoms with Gasteiger partial charge < -0.3 is 16.4 Å². The predicted molar refractivity (Wildman–Crippen MR) is 89.8 cm³/mol. The molecule has 1 rings (SSSR count). The number of amides is 2. The van der Waals surface area contributed by atoms with Crippen molar-refractivity contribution in [2.45, 2.75) is 58.5 Å². The van der Waals surface area contributed by atoms with E-state index in [1.54, 1.807) is 31.2 Å². The van der Waals surface area contributed by atoms with E-state index in [0.717, 1.165) is 6.42 Å². The van der Waals surface area contributed by atoms with Gasteiger partial charge in [-0.3, -0.25) is 9.59 Å². The summed E-state index contributed by atoms with van der Waals surface area (Å²) in [6.07, 6.45) is 1.46. The molecule has 22 heavy (non-hydrogen) atoms. The first-order valence-corrected chi connectivity index (χ1v) is 7.58. The van der Waals surface area contributed by atoms with Gasteiger partial charge >= 0.3 is 0 Å². The summed E-state index contributed by atoms with van der Waals surface area (Å²) in [4.78, 5) is 24.1. The van der Waals surface area contributed by atoms with Gasteiger partial charge in [-0.15, -0.1) is 0 Å². The Morgan fingerprint density at radius 1 is 1.09 bits per heavy atom. The first-order chi connectivity index (χ1) is 10.0.